The molecule has 0 aliphatic carbocycles. The average Bonchev–Trinajstić information content (AvgIpc) is 2.48. The van der Waals surface area contributed by atoms with Gasteiger partial charge in [-0.2, -0.15) is 0 Å². The molecule has 0 saturated carbocycles. The van der Waals surface area contributed by atoms with Gasteiger partial charge < -0.3 is 15.4 Å². The largest absolute Gasteiger partial charge is 0.494 e. The molecule has 0 aliphatic heterocycles. The molecule has 1 aromatic carbocycles. The second-order valence-corrected chi connectivity index (χ2v) is 4.52. The Balaban J connectivity index is 2.21. The highest BCUT2D eigenvalue weighted by Gasteiger charge is 2.04. The van der Waals surface area contributed by atoms with Gasteiger partial charge in [-0.3, -0.25) is 0 Å². The van der Waals surface area contributed by atoms with Gasteiger partial charge in [0, 0.05) is 30.8 Å². The van der Waals surface area contributed by atoms with Crippen molar-refractivity contribution in [2.45, 2.75) is 27.2 Å². The zero-order valence-electron chi connectivity index (χ0n) is 12.8. The first kappa shape index (κ1) is 15.1. The van der Waals surface area contributed by atoms with Gasteiger partial charge in [0.2, 0.25) is 0 Å². The van der Waals surface area contributed by atoms with Crippen molar-refractivity contribution in [2.24, 2.45) is 0 Å². The molecule has 1 heterocycles. The van der Waals surface area contributed by atoms with Crippen LogP contribution in [0.3, 0.4) is 0 Å². The van der Waals surface area contributed by atoms with E-state index >= 15 is 0 Å². The van der Waals surface area contributed by atoms with E-state index in [2.05, 4.69) is 20.6 Å². The Morgan fingerprint density at radius 3 is 2.57 bits per heavy atom. The van der Waals surface area contributed by atoms with E-state index in [9.17, 15) is 0 Å². The molecule has 112 valence electrons. The van der Waals surface area contributed by atoms with Crippen LogP contribution in [0.15, 0.2) is 30.3 Å². The molecule has 0 unspecified atom stereocenters. The number of anilines is 3. The van der Waals surface area contributed by atoms with E-state index in [1.807, 2.05) is 51.1 Å². The Hall–Kier alpha value is -2.30. The average molecular weight is 286 g/mol. The summed E-state index contributed by atoms with van der Waals surface area (Å²) < 4.78 is 5.51. The van der Waals surface area contributed by atoms with Crippen LogP contribution >= 0.6 is 0 Å². The molecule has 0 saturated heterocycles. The van der Waals surface area contributed by atoms with Gasteiger partial charge in [-0.1, -0.05) is 13.0 Å². The molecule has 5 heteroatoms. The van der Waals surface area contributed by atoms with Crippen molar-refractivity contribution in [1.29, 1.82) is 0 Å². The smallest absolute Gasteiger partial charge is 0.136 e. The third-order valence-electron chi connectivity index (χ3n) is 2.86. The summed E-state index contributed by atoms with van der Waals surface area (Å²) in [5, 5.41) is 6.53. The van der Waals surface area contributed by atoms with E-state index in [-0.39, 0.29) is 0 Å². The Bertz CT molecular complexity index is 586. The van der Waals surface area contributed by atoms with Crippen LogP contribution in [0.1, 0.15) is 26.6 Å². The van der Waals surface area contributed by atoms with Crippen LogP contribution < -0.4 is 15.4 Å². The molecule has 2 aromatic rings. The summed E-state index contributed by atoms with van der Waals surface area (Å²) in [4.78, 5) is 8.95. The normalized spacial score (nSPS) is 10.2. The number of aromatic nitrogens is 2. The summed E-state index contributed by atoms with van der Waals surface area (Å²) in [6, 6.07) is 9.76. The van der Waals surface area contributed by atoms with Crippen LogP contribution in [0.4, 0.5) is 17.3 Å². The predicted molar refractivity (Wildman–Crippen MR) is 86.5 cm³/mol. The Kier molecular flexibility index (Phi) is 5.37. The fraction of sp³-hybridized carbons (Fsp3) is 0.375. The van der Waals surface area contributed by atoms with Gasteiger partial charge in [0.1, 0.15) is 23.2 Å². The third kappa shape index (κ3) is 4.34. The molecule has 0 spiro atoms. The standard InChI is InChI=1S/C16H22N4O/c1-4-14-19-15(17-5-2)11-16(20-14)18-12-8-7-9-13(10-12)21-6-3/h7-11H,4-6H2,1-3H3,(H2,17,18,19,20). The summed E-state index contributed by atoms with van der Waals surface area (Å²) in [5.41, 5.74) is 0.948. The highest BCUT2D eigenvalue weighted by molar-refractivity contribution is 5.60. The summed E-state index contributed by atoms with van der Waals surface area (Å²) in [6.45, 7) is 7.55. The first-order valence-electron chi connectivity index (χ1n) is 7.36. The van der Waals surface area contributed by atoms with Crippen molar-refractivity contribution >= 4 is 17.3 Å². The topological polar surface area (TPSA) is 59.1 Å². The van der Waals surface area contributed by atoms with Gasteiger partial charge in [-0.15, -0.1) is 0 Å². The highest BCUT2D eigenvalue weighted by Crippen LogP contribution is 2.22. The molecule has 0 atom stereocenters. The molecule has 21 heavy (non-hydrogen) atoms. The minimum Gasteiger partial charge on any atom is -0.494 e. The maximum Gasteiger partial charge on any atom is 0.136 e. The summed E-state index contributed by atoms with van der Waals surface area (Å²) in [7, 11) is 0. The van der Waals surface area contributed by atoms with Crippen LogP contribution in [-0.2, 0) is 6.42 Å². The number of aryl methyl sites for hydroxylation is 1. The van der Waals surface area contributed by atoms with E-state index in [4.69, 9.17) is 4.74 Å². The lowest BCUT2D eigenvalue weighted by molar-refractivity contribution is 0.340. The number of hydrogen-bond acceptors (Lipinski definition) is 5. The van der Waals surface area contributed by atoms with Gasteiger partial charge in [0.25, 0.3) is 0 Å². The minimum absolute atomic E-state index is 0.654. The lowest BCUT2D eigenvalue weighted by atomic mass is 10.3. The SMILES string of the molecule is CCNc1cc(Nc2cccc(OCC)c2)nc(CC)n1. The predicted octanol–water partition coefficient (Wildman–Crippen LogP) is 3.61. The molecule has 2 N–H and O–H groups in total. The zero-order chi connectivity index (χ0) is 15.1. The summed E-state index contributed by atoms with van der Waals surface area (Å²) in [6.07, 6.45) is 0.799. The van der Waals surface area contributed by atoms with Crippen molar-refractivity contribution in [3.8, 4) is 5.75 Å². The van der Waals surface area contributed by atoms with E-state index in [0.29, 0.717) is 6.61 Å². The molecule has 2 rings (SSSR count). The molecule has 0 amide bonds. The van der Waals surface area contributed by atoms with Crippen LogP contribution in [0.25, 0.3) is 0 Å². The Morgan fingerprint density at radius 1 is 1.05 bits per heavy atom. The molecule has 0 bridgehead atoms. The van der Waals surface area contributed by atoms with Gasteiger partial charge in [0.15, 0.2) is 0 Å². The number of rotatable bonds is 7. The van der Waals surface area contributed by atoms with Crippen LogP contribution in [0.2, 0.25) is 0 Å². The van der Waals surface area contributed by atoms with Gasteiger partial charge in [0.05, 0.1) is 6.61 Å². The molecule has 0 fully saturated rings. The van der Waals surface area contributed by atoms with Crippen molar-refractivity contribution in [2.75, 3.05) is 23.8 Å². The minimum atomic E-state index is 0.654. The maximum atomic E-state index is 5.51. The van der Waals surface area contributed by atoms with Crippen molar-refractivity contribution in [3.05, 3.63) is 36.2 Å². The van der Waals surface area contributed by atoms with E-state index < -0.39 is 0 Å². The van der Waals surface area contributed by atoms with E-state index in [1.54, 1.807) is 0 Å². The van der Waals surface area contributed by atoms with Crippen LogP contribution in [0, 0.1) is 0 Å². The number of benzene rings is 1. The van der Waals surface area contributed by atoms with E-state index in [0.717, 1.165) is 41.9 Å². The van der Waals surface area contributed by atoms with E-state index in [1.165, 1.54) is 0 Å². The number of nitrogens with zero attached hydrogens (tertiary/aromatic N) is 2. The van der Waals surface area contributed by atoms with Gasteiger partial charge in [-0.25, -0.2) is 9.97 Å². The number of ether oxygens (including phenoxy) is 1. The molecule has 0 aliphatic rings. The fourth-order valence-electron chi connectivity index (χ4n) is 1.97. The van der Waals surface area contributed by atoms with Gasteiger partial charge in [-0.05, 0) is 26.0 Å². The van der Waals surface area contributed by atoms with Crippen molar-refractivity contribution in [3.63, 3.8) is 0 Å². The second kappa shape index (κ2) is 7.47. The molecular weight excluding hydrogens is 264 g/mol. The zero-order valence-corrected chi connectivity index (χ0v) is 12.8. The molecule has 0 radical (unpaired) electrons. The number of nitrogens with one attached hydrogen (secondary N) is 2. The lowest BCUT2D eigenvalue weighted by Gasteiger charge is -2.11. The Morgan fingerprint density at radius 2 is 1.86 bits per heavy atom. The van der Waals surface area contributed by atoms with Crippen molar-refractivity contribution in [1.82, 2.24) is 9.97 Å². The molecule has 5 nitrogen and oxygen atoms in total. The third-order valence-corrected chi connectivity index (χ3v) is 2.86. The molecular formula is C16H22N4O. The first-order valence-corrected chi connectivity index (χ1v) is 7.36. The quantitative estimate of drug-likeness (QED) is 0.814. The summed E-state index contributed by atoms with van der Waals surface area (Å²) >= 11 is 0. The first-order chi connectivity index (χ1) is 10.2. The van der Waals surface area contributed by atoms with Crippen LogP contribution in [-0.4, -0.2) is 23.1 Å². The monoisotopic (exact) mass is 286 g/mol. The Labute approximate surface area is 125 Å². The van der Waals surface area contributed by atoms with Crippen LogP contribution in [0.5, 0.6) is 5.75 Å². The molecule has 1 aromatic heterocycles. The maximum absolute atomic E-state index is 5.51. The van der Waals surface area contributed by atoms with Crippen molar-refractivity contribution < 1.29 is 4.74 Å². The van der Waals surface area contributed by atoms with Gasteiger partial charge >= 0.3 is 0 Å². The fourth-order valence-corrected chi connectivity index (χ4v) is 1.97. The number of hydrogen-bond donors (Lipinski definition) is 2. The second-order valence-electron chi connectivity index (χ2n) is 4.52. The summed E-state index contributed by atoms with van der Waals surface area (Å²) in [5.74, 6) is 3.29. The lowest BCUT2D eigenvalue weighted by Crippen LogP contribution is -2.05. The highest BCUT2D eigenvalue weighted by atomic mass is 16.5.